The number of carboxylic acids is 1. The maximum Gasteiger partial charge on any atom is 0.305 e. The van der Waals surface area contributed by atoms with Gasteiger partial charge in [-0.25, -0.2) is 0 Å². The van der Waals surface area contributed by atoms with E-state index in [0.29, 0.717) is 6.54 Å². The SMILES string of the molecule is C=CCN[C@@H](CC(=O)O)C(N)=O. The fraction of sp³-hybridized carbons (Fsp3) is 0.429. The number of nitrogens with two attached hydrogens (primary N) is 1. The molecule has 0 aromatic rings. The highest BCUT2D eigenvalue weighted by Crippen LogP contribution is 1.90. The van der Waals surface area contributed by atoms with Crippen molar-refractivity contribution in [1.29, 1.82) is 0 Å². The van der Waals surface area contributed by atoms with E-state index >= 15 is 0 Å². The molecule has 0 radical (unpaired) electrons. The summed E-state index contributed by atoms with van der Waals surface area (Å²) >= 11 is 0. The first-order valence-corrected chi connectivity index (χ1v) is 3.43. The van der Waals surface area contributed by atoms with Crippen LogP contribution in [-0.4, -0.2) is 29.6 Å². The number of hydrogen-bond acceptors (Lipinski definition) is 3. The summed E-state index contributed by atoms with van der Waals surface area (Å²) in [5.74, 6) is -1.73. The third-order valence-corrected chi connectivity index (χ3v) is 1.23. The second-order valence-electron chi connectivity index (χ2n) is 2.25. The quantitative estimate of drug-likeness (QED) is 0.452. The second kappa shape index (κ2) is 5.31. The van der Waals surface area contributed by atoms with E-state index in [9.17, 15) is 9.59 Å². The molecule has 0 aliphatic rings. The average molecular weight is 172 g/mol. The van der Waals surface area contributed by atoms with Crippen LogP contribution in [0.3, 0.4) is 0 Å². The third kappa shape index (κ3) is 4.45. The molecule has 1 amide bonds. The molecule has 0 aromatic heterocycles. The first-order chi connectivity index (χ1) is 5.57. The Hall–Kier alpha value is -1.36. The van der Waals surface area contributed by atoms with E-state index < -0.39 is 17.9 Å². The van der Waals surface area contributed by atoms with Gasteiger partial charge in [-0.2, -0.15) is 0 Å². The average Bonchev–Trinajstić information content (AvgIpc) is 1.96. The van der Waals surface area contributed by atoms with Crippen LogP contribution >= 0.6 is 0 Å². The maximum atomic E-state index is 10.6. The molecule has 5 nitrogen and oxygen atoms in total. The number of carbonyl (C=O) groups is 2. The van der Waals surface area contributed by atoms with Crippen LogP contribution in [0.2, 0.25) is 0 Å². The first kappa shape index (κ1) is 10.6. The van der Waals surface area contributed by atoms with E-state index in [1.807, 2.05) is 0 Å². The zero-order chi connectivity index (χ0) is 9.56. The Balaban J connectivity index is 3.94. The van der Waals surface area contributed by atoms with E-state index in [-0.39, 0.29) is 6.42 Å². The lowest BCUT2D eigenvalue weighted by Gasteiger charge is -2.10. The Labute approximate surface area is 70.2 Å². The molecule has 0 saturated carbocycles. The van der Waals surface area contributed by atoms with Crippen LogP contribution in [0, 0.1) is 0 Å². The van der Waals surface area contributed by atoms with Gasteiger partial charge in [0.05, 0.1) is 12.5 Å². The number of rotatable bonds is 6. The fourth-order valence-corrected chi connectivity index (χ4v) is 0.674. The van der Waals surface area contributed by atoms with Crippen molar-refractivity contribution in [2.75, 3.05) is 6.54 Å². The minimum atomic E-state index is -1.06. The van der Waals surface area contributed by atoms with Crippen molar-refractivity contribution in [2.24, 2.45) is 5.73 Å². The summed E-state index contributed by atoms with van der Waals surface area (Å²) in [6.07, 6.45) is 1.22. The van der Waals surface area contributed by atoms with Gasteiger partial charge in [-0.3, -0.25) is 9.59 Å². The Morgan fingerprint density at radius 2 is 2.25 bits per heavy atom. The molecule has 0 aliphatic heterocycles. The predicted molar refractivity (Wildman–Crippen MR) is 43.4 cm³/mol. The number of hydrogen-bond donors (Lipinski definition) is 3. The van der Waals surface area contributed by atoms with Crippen molar-refractivity contribution in [2.45, 2.75) is 12.5 Å². The molecule has 0 rings (SSSR count). The number of carbonyl (C=O) groups excluding carboxylic acids is 1. The number of amides is 1. The van der Waals surface area contributed by atoms with Crippen LogP contribution in [0.4, 0.5) is 0 Å². The Kier molecular flexibility index (Phi) is 4.71. The maximum absolute atomic E-state index is 10.6. The number of nitrogens with one attached hydrogen (secondary N) is 1. The highest BCUT2D eigenvalue weighted by Gasteiger charge is 2.16. The lowest BCUT2D eigenvalue weighted by Crippen LogP contribution is -2.42. The molecule has 0 fully saturated rings. The standard InChI is InChI=1S/C7H12N2O3/c1-2-3-9-5(7(8)12)4-6(10)11/h2,5,9H,1,3-4H2,(H2,8,12)(H,10,11)/t5-/m0/s1. The van der Waals surface area contributed by atoms with E-state index in [1.165, 1.54) is 6.08 Å². The highest BCUT2D eigenvalue weighted by molar-refractivity contribution is 5.84. The molecule has 0 aliphatic carbocycles. The summed E-state index contributed by atoms with van der Waals surface area (Å²) in [7, 11) is 0. The smallest absolute Gasteiger partial charge is 0.305 e. The van der Waals surface area contributed by atoms with Crippen molar-refractivity contribution < 1.29 is 14.7 Å². The van der Waals surface area contributed by atoms with E-state index in [1.54, 1.807) is 0 Å². The predicted octanol–water partition coefficient (Wildman–Crippen LogP) is -0.909. The van der Waals surface area contributed by atoms with Gasteiger partial charge in [0.2, 0.25) is 5.91 Å². The van der Waals surface area contributed by atoms with Gasteiger partial charge >= 0.3 is 5.97 Å². The summed E-state index contributed by atoms with van der Waals surface area (Å²) in [5, 5.41) is 11.0. The highest BCUT2D eigenvalue weighted by atomic mass is 16.4. The molecule has 12 heavy (non-hydrogen) atoms. The number of aliphatic carboxylic acids is 1. The van der Waals surface area contributed by atoms with Gasteiger partial charge in [-0.15, -0.1) is 6.58 Å². The van der Waals surface area contributed by atoms with Crippen molar-refractivity contribution in [3.63, 3.8) is 0 Å². The molecule has 1 atom stereocenters. The van der Waals surface area contributed by atoms with Gasteiger partial charge in [-0.1, -0.05) is 6.08 Å². The largest absolute Gasteiger partial charge is 0.481 e. The fourth-order valence-electron chi connectivity index (χ4n) is 0.674. The number of carboxylic acid groups (broad SMARTS) is 1. The first-order valence-electron chi connectivity index (χ1n) is 3.43. The van der Waals surface area contributed by atoms with E-state index in [2.05, 4.69) is 11.9 Å². The van der Waals surface area contributed by atoms with Gasteiger partial charge in [0, 0.05) is 6.54 Å². The lowest BCUT2D eigenvalue weighted by molar-refractivity contribution is -0.139. The van der Waals surface area contributed by atoms with Gasteiger partial charge < -0.3 is 16.2 Å². The molecule has 0 spiro atoms. The molecule has 5 heteroatoms. The summed E-state index contributed by atoms with van der Waals surface area (Å²) in [6, 6.07) is -0.819. The molecule has 4 N–H and O–H groups in total. The van der Waals surface area contributed by atoms with Crippen LogP contribution < -0.4 is 11.1 Å². The van der Waals surface area contributed by atoms with Crippen molar-refractivity contribution >= 4 is 11.9 Å². The molecule has 0 saturated heterocycles. The normalized spacial score (nSPS) is 12.0. The summed E-state index contributed by atoms with van der Waals surface area (Å²) in [6.45, 7) is 3.77. The van der Waals surface area contributed by atoms with Crippen LogP contribution in [0.5, 0.6) is 0 Å². The molecule has 0 bridgehead atoms. The van der Waals surface area contributed by atoms with Crippen LogP contribution in [-0.2, 0) is 9.59 Å². The monoisotopic (exact) mass is 172 g/mol. The molecule has 68 valence electrons. The minimum Gasteiger partial charge on any atom is -0.481 e. The molecule has 0 heterocycles. The summed E-state index contributed by atoms with van der Waals surface area (Å²) in [4.78, 5) is 20.8. The summed E-state index contributed by atoms with van der Waals surface area (Å²) < 4.78 is 0. The van der Waals surface area contributed by atoms with Gasteiger partial charge in [0.25, 0.3) is 0 Å². The zero-order valence-corrected chi connectivity index (χ0v) is 6.62. The van der Waals surface area contributed by atoms with Crippen molar-refractivity contribution in [1.82, 2.24) is 5.32 Å². The zero-order valence-electron chi connectivity index (χ0n) is 6.62. The van der Waals surface area contributed by atoms with Crippen LogP contribution in [0.15, 0.2) is 12.7 Å². The molecule has 0 aromatic carbocycles. The topological polar surface area (TPSA) is 92.4 Å². The summed E-state index contributed by atoms with van der Waals surface area (Å²) in [5.41, 5.74) is 4.93. The van der Waals surface area contributed by atoms with Gasteiger partial charge in [0.15, 0.2) is 0 Å². The van der Waals surface area contributed by atoms with Crippen molar-refractivity contribution in [3.05, 3.63) is 12.7 Å². The second-order valence-corrected chi connectivity index (χ2v) is 2.25. The van der Waals surface area contributed by atoms with E-state index in [4.69, 9.17) is 10.8 Å². The third-order valence-electron chi connectivity index (χ3n) is 1.23. The number of primary amides is 1. The van der Waals surface area contributed by atoms with Crippen LogP contribution in [0.1, 0.15) is 6.42 Å². The van der Waals surface area contributed by atoms with E-state index in [0.717, 1.165) is 0 Å². The lowest BCUT2D eigenvalue weighted by atomic mass is 10.2. The molecular formula is C7H12N2O3. The Bertz CT molecular complexity index is 191. The van der Waals surface area contributed by atoms with Gasteiger partial charge in [-0.05, 0) is 0 Å². The Morgan fingerprint density at radius 3 is 2.58 bits per heavy atom. The van der Waals surface area contributed by atoms with Crippen LogP contribution in [0.25, 0.3) is 0 Å². The molecular weight excluding hydrogens is 160 g/mol. The minimum absolute atomic E-state index is 0.302. The van der Waals surface area contributed by atoms with Gasteiger partial charge in [0.1, 0.15) is 0 Å². The molecule has 0 unspecified atom stereocenters. The van der Waals surface area contributed by atoms with Crippen molar-refractivity contribution in [3.8, 4) is 0 Å². The Morgan fingerprint density at radius 1 is 1.67 bits per heavy atom.